The van der Waals surface area contributed by atoms with E-state index in [1.165, 1.54) is 25.3 Å². The van der Waals surface area contributed by atoms with Crippen LogP contribution in [-0.4, -0.2) is 35.1 Å². The van der Waals surface area contributed by atoms with Crippen molar-refractivity contribution in [1.29, 1.82) is 0 Å². The Balaban J connectivity index is 1.65. The number of non-ortho nitro benzene ring substituents is 1. The van der Waals surface area contributed by atoms with E-state index in [-0.39, 0.29) is 10.6 Å². The third-order valence-electron chi connectivity index (χ3n) is 4.65. The van der Waals surface area contributed by atoms with E-state index >= 15 is 0 Å². The molecule has 114 valence electrons. The van der Waals surface area contributed by atoms with Gasteiger partial charge in [0.1, 0.15) is 5.82 Å². The van der Waals surface area contributed by atoms with E-state index in [1.807, 2.05) is 12.1 Å². The maximum absolute atomic E-state index is 10.8. The zero-order chi connectivity index (χ0) is 15.1. The summed E-state index contributed by atoms with van der Waals surface area (Å²) >= 11 is 0. The van der Waals surface area contributed by atoms with Crippen molar-refractivity contribution in [3.05, 3.63) is 40.4 Å². The third kappa shape index (κ3) is 2.39. The SMILES string of the molecule is O=[N+]([O-])c1ccc2nc(N3CC4CCCC(C3)N4)ccc2c1. The first-order chi connectivity index (χ1) is 10.7. The monoisotopic (exact) mass is 298 g/mol. The maximum atomic E-state index is 10.8. The van der Waals surface area contributed by atoms with E-state index < -0.39 is 0 Å². The van der Waals surface area contributed by atoms with Crippen molar-refractivity contribution in [3.63, 3.8) is 0 Å². The van der Waals surface area contributed by atoms with Crippen LogP contribution in [0.5, 0.6) is 0 Å². The summed E-state index contributed by atoms with van der Waals surface area (Å²) in [7, 11) is 0. The van der Waals surface area contributed by atoms with E-state index in [2.05, 4.69) is 10.2 Å². The molecule has 3 heterocycles. The summed E-state index contributed by atoms with van der Waals surface area (Å²) in [5, 5.41) is 15.3. The van der Waals surface area contributed by atoms with Crippen LogP contribution in [0.25, 0.3) is 10.9 Å². The van der Waals surface area contributed by atoms with Crippen molar-refractivity contribution in [2.24, 2.45) is 0 Å². The van der Waals surface area contributed by atoms with Gasteiger partial charge in [-0.25, -0.2) is 4.98 Å². The van der Waals surface area contributed by atoms with E-state index in [0.717, 1.165) is 29.8 Å². The van der Waals surface area contributed by atoms with Gasteiger partial charge in [-0.1, -0.05) is 6.42 Å². The molecule has 1 N–H and O–H groups in total. The van der Waals surface area contributed by atoms with Gasteiger partial charge in [-0.2, -0.15) is 0 Å². The summed E-state index contributed by atoms with van der Waals surface area (Å²) in [5.41, 5.74) is 0.922. The Bertz CT molecular complexity index is 721. The predicted octanol–water partition coefficient (Wildman–Crippen LogP) is 2.47. The molecule has 2 bridgehead atoms. The number of anilines is 1. The molecule has 2 saturated heterocycles. The van der Waals surface area contributed by atoms with Crippen molar-refractivity contribution in [1.82, 2.24) is 10.3 Å². The fourth-order valence-corrected chi connectivity index (χ4v) is 3.58. The Morgan fingerprint density at radius 3 is 2.68 bits per heavy atom. The second-order valence-corrected chi connectivity index (χ2v) is 6.20. The molecule has 6 heteroatoms. The Kier molecular flexibility index (Phi) is 3.18. The van der Waals surface area contributed by atoms with Crippen molar-refractivity contribution in [2.75, 3.05) is 18.0 Å². The highest BCUT2D eigenvalue weighted by Gasteiger charge is 2.30. The molecule has 1 aromatic carbocycles. The zero-order valence-electron chi connectivity index (χ0n) is 12.2. The average Bonchev–Trinajstić information content (AvgIpc) is 2.53. The molecular formula is C16H18N4O2. The second-order valence-electron chi connectivity index (χ2n) is 6.20. The largest absolute Gasteiger partial charge is 0.353 e. The molecule has 2 aromatic rings. The quantitative estimate of drug-likeness (QED) is 0.681. The predicted molar refractivity (Wildman–Crippen MR) is 85.2 cm³/mol. The number of nitro groups is 1. The Morgan fingerprint density at radius 2 is 1.95 bits per heavy atom. The lowest BCUT2D eigenvalue weighted by atomic mass is 9.94. The topological polar surface area (TPSA) is 71.3 Å². The molecular weight excluding hydrogens is 280 g/mol. The minimum Gasteiger partial charge on any atom is -0.353 e. The first kappa shape index (κ1) is 13.5. The summed E-state index contributed by atoms with van der Waals surface area (Å²) in [6.45, 7) is 1.98. The van der Waals surface area contributed by atoms with Crippen LogP contribution in [0.1, 0.15) is 19.3 Å². The molecule has 2 atom stereocenters. The molecule has 0 saturated carbocycles. The van der Waals surface area contributed by atoms with Gasteiger partial charge in [-0.05, 0) is 31.0 Å². The van der Waals surface area contributed by atoms with E-state index in [9.17, 15) is 10.1 Å². The molecule has 2 fully saturated rings. The van der Waals surface area contributed by atoms with Crippen LogP contribution in [0.15, 0.2) is 30.3 Å². The van der Waals surface area contributed by atoms with Gasteiger partial charge in [0.05, 0.1) is 10.4 Å². The van der Waals surface area contributed by atoms with Gasteiger partial charge in [0, 0.05) is 42.7 Å². The van der Waals surface area contributed by atoms with Crippen molar-refractivity contribution in [2.45, 2.75) is 31.3 Å². The lowest BCUT2D eigenvalue weighted by Gasteiger charge is -2.43. The molecule has 0 radical (unpaired) electrons. The number of piperidine rings is 1. The zero-order valence-corrected chi connectivity index (χ0v) is 12.2. The molecule has 2 unspecified atom stereocenters. The minimum atomic E-state index is -0.370. The lowest BCUT2D eigenvalue weighted by Crippen LogP contribution is -2.59. The summed E-state index contributed by atoms with van der Waals surface area (Å²) in [5.74, 6) is 0.972. The Hall–Kier alpha value is -2.21. The van der Waals surface area contributed by atoms with Crippen LogP contribution in [-0.2, 0) is 0 Å². The lowest BCUT2D eigenvalue weighted by molar-refractivity contribution is -0.384. The van der Waals surface area contributed by atoms with Gasteiger partial charge in [0.2, 0.25) is 0 Å². The maximum Gasteiger partial charge on any atom is 0.270 e. The highest BCUT2D eigenvalue weighted by atomic mass is 16.6. The van der Waals surface area contributed by atoms with Gasteiger partial charge >= 0.3 is 0 Å². The number of benzene rings is 1. The smallest absolute Gasteiger partial charge is 0.270 e. The molecule has 6 nitrogen and oxygen atoms in total. The number of piperazine rings is 1. The summed E-state index contributed by atoms with van der Waals surface area (Å²) < 4.78 is 0. The molecule has 22 heavy (non-hydrogen) atoms. The fourth-order valence-electron chi connectivity index (χ4n) is 3.58. The number of aromatic nitrogens is 1. The Morgan fingerprint density at radius 1 is 1.18 bits per heavy atom. The minimum absolute atomic E-state index is 0.110. The van der Waals surface area contributed by atoms with Crippen molar-refractivity contribution < 1.29 is 4.92 Å². The number of nitrogens with zero attached hydrogens (tertiary/aromatic N) is 3. The second kappa shape index (κ2) is 5.21. The number of fused-ring (bicyclic) bond motifs is 3. The van der Waals surface area contributed by atoms with Crippen LogP contribution in [0.2, 0.25) is 0 Å². The van der Waals surface area contributed by atoms with E-state index in [0.29, 0.717) is 12.1 Å². The van der Waals surface area contributed by atoms with E-state index in [4.69, 9.17) is 4.98 Å². The van der Waals surface area contributed by atoms with Gasteiger partial charge < -0.3 is 10.2 Å². The Labute approximate surface area is 128 Å². The van der Waals surface area contributed by atoms with Gasteiger partial charge in [0.25, 0.3) is 5.69 Å². The molecule has 1 aromatic heterocycles. The standard InChI is InChI=1S/C16H18N4O2/c21-20(22)14-5-6-15-11(8-14)4-7-16(18-15)19-9-12-2-1-3-13(10-19)17-12/h4-8,12-13,17H,1-3,9-10H2. The third-order valence-corrected chi connectivity index (χ3v) is 4.65. The van der Waals surface area contributed by atoms with Crippen LogP contribution in [0.3, 0.4) is 0 Å². The number of hydrogen-bond acceptors (Lipinski definition) is 5. The summed E-state index contributed by atoms with van der Waals surface area (Å²) in [6.07, 6.45) is 3.77. The van der Waals surface area contributed by atoms with Crippen LogP contribution in [0, 0.1) is 10.1 Å². The van der Waals surface area contributed by atoms with Gasteiger partial charge in [0.15, 0.2) is 0 Å². The van der Waals surface area contributed by atoms with Crippen molar-refractivity contribution in [3.8, 4) is 0 Å². The number of hydrogen-bond donors (Lipinski definition) is 1. The number of rotatable bonds is 2. The van der Waals surface area contributed by atoms with Gasteiger partial charge in [-0.15, -0.1) is 0 Å². The van der Waals surface area contributed by atoms with Crippen LogP contribution >= 0.6 is 0 Å². The molecule has 2 aliphatic heterocycles. The fraction of sp³-hybridized carbons (Fsp3) is 0.438. The summed E-state index contributed by atoms with van der Waals surface area (Å²) in [4.78, 5) is 17.5. The van der Waals surface area contributed by atoms with Crippen LogP contribution in [0.4, 0.5) is 11.5 Å². The molecule has 0 spiro atoms. The molecule has 4 rings (SSSR count). The first-order valence-electron chi connectivity index (χ1n) is 7.75. The highest BCUT2D eigenvalue weighted by Crippen LogP contribution is 2.26. The number of nitro benzene ring substituents is 1. The normalized spacial score (nSPS) is 24.5. The van der Waals surface area contributed by atoms with Crippen molar-refractivity contribution >= 4 is 22.4 Å². The highest BCUT2D eigenvalue weighted by molar-refractivity contribution is 5.82. The number of nitrogens with one attached hydrogen (secondary N) is 1. The molecule has 0 amide bonds. The number of pyridine rings is 1. The van der Waals surface area contributed by atoms with Crippen LogP contribution < -0.4 is 10.2 Å². The molecule has 0 aliphatic carbocycles. The van der Waals surface area contributed by atoms with E-state index in [1.54, 1.807) is 12.1 Å². The first-order valence-corrected chi connectivity index (χ1v) is 7.75. The molecule has 2 aliphatic rings. The van der Waals surface area contributed by atoms with Gasteiger partial charge in [-0.3, -0.25) is 10.1 Å². The average molecular weight is 298 g/mol. The summed E-state index contributed by atoms with van der Waals surface area (Å²) in [6, 6.07) is 9.86.